The molecule has 0 saturated carbocycles. The molecule has 1 saturated heterocycles. The Kier molecular flexibility index (Phi) is 2.87. The molecule has 1 aliphatic rings. The van der Waals surface area contributed by atoms with Crippen molar-refractivity contribution in [2.24, 2.45) is 5.92 Å². The van der Waals surface area contributed by atoms with Crippen LogP contribution in [0.1, 0.15) is 30.1 Å². The molecule has 2 nitrogen and oxygen atoms in total. The van der Waals surface area contributed by atoms with E-state index in [1.54, 1.807) is 11.3 Å². The molecule has 1 fully saturated rings. The smallest absolute Gasteiger partial charge is 0.254 e. The van der Waals surface area contributed by atoms with Crippen LogP contribution in [-0.4, -0.2) is 23.9 Å². The fourth-order valence-corrected chi connectivity index (χ4v) is 2.41. The summed E-state index contributed by atoms with van der Waals surface area (Å²) < 4.78 is 0. The van der Waals surface area contributed by atoms with Crippen molar-refractivity contribution in [1.82, 2.24) is 4.90 Å². The number of carbonyl (C=O) groups excluding carboxylic acids is 1. The molecule has 1 aliphatic heterocycles. The molecule has 0 unspecified atom stereocenters. The molecule has 0 bridgehead atoms. The number of hydrogen-bond acceptors (Lipinski definition) is 2. The molecule has 3 heteroatoms. The molecule has 1 aromatic rings. The minimum absolute atomic E-state index is 0.207. The lowest BCUT2D eigenvalue weighted by Crippen LogP contribution is -2.37. The molecule has 1 aromatic heterocycles. The Morgan fingerprint density at radius 3 is 2.79 bits per heavy atom. The Labute approximate surface area is 88.5 Å². The molecule has 2 heterocycles. The number of piperidine rings is 1. The second-order valence-electron chi connectivity index (χ2n) is 3.99. The van der Waals surface area contributed by atoms with Crippen molar-refractivity contribution in [3.05, 3.63) is 22.4 Å². The van der Waals surface area contributed by atoms with Gasteiger partial charge in [-0.05, 0) is 30.2 Å². The van der Waals surface area contributed by atoms with E-state index in [1.165, 1.54) is 0 Å². The van der Waals surface area contributed by atoms with Crippen molar-refractivity contribution in [2.45, 2.75) is 19.8 Å². The predicted molar refractivity (Wildman–Crippen MR) is 58.6 cm³/mol. The first-order chi connectivity index (χ1) is 6.77. The molecule has 2 rings (SSSR count). The van der Waals surface area contributed by atoms with Crippen LogP contribution >= 0.6 is 11.3 Å². The van der Waals surface area contributed by atoms with Gasteiger partial charge in [-0.3, -0.25) is 4.79 Å². The molecule has 0 aliphatic carbocycles. The molecular formula is C11H15NOS. The van der Waals surface area contributed by atoms with Crippen molar-refractivity contribution in [2.75, 3.05) is 13.1 Å². The van der Waals surface area contributed by atoms with E-state index in [4.69, 9.17) is 0 Å². The van der Waals surface area contributed by atoms with E-state index >= 15 is 0 Å². The van der Waals surface area contributed by atoms with Gasteiger partial charge in [-0.1, -0.05) is 6.92 Å². The Morgan fingerprint density at radius 2 is 2.21 bits per heavy atom. The topological polar surface area (TPSA) is 20.3 Å². The number of hydrogen-bond donors (Lipinski definition) is 0. The van der Waals surface area contributed by atoms with Gasteiger partial charge in [0.2, 0.25) is 0 Å². The lowest BCUT2D eigenvalue weighted by molar-refractivity contribution is 0.0698. The molecule has 0 aromatic carbocycles. The van der Waals surface area contributed by atoms with Crippen molar-refractivity contribution in [1.29, 1.82) is 0 Å². The Balaban J connectivity index is 1.99. The summed E-state index contributed by atoms with van der Waals surface area (Å²) in [6, 6.07) is 1.91. The normalized spacial score (nSPS) is 18.5. The van der Waals surface area contributed by atoms with Crippen molar-refractivity contribution >= 4 is 17.2 Å². The van der Waals surface area contributed by atoms with Gasteiger partial charge < -0.3 is 4.90 Å². The van der Waals surface area contributed by atoms with E-state index in [9.17, 15) is 4.79 Å². The van der Waals surface area contributed by atoms with Crippen LogP contribution in [0.15, 0.2) is 16.8 Å². The van der Waals surface area contributed by atoms with Gasteiger partial charge >= 0.3 is 0 Å². The number of thiophene rings is 1. The lowest BCUT2D eigenvalue weighted by atomic mass is 9.99. The highest BCUT2D eigenvalue weighted by Crippen LogP contribution is 2.18. The van der Waals surface area contributed by atoms with Crippen LogP contribution in [0.4, 0.5) is 0 Å². The number of amides is 1. The second-order valence-corrected chi connectivity index (χ2v) is 4.77. The maximum absolute atomic E-state index is 11.9. The first kappa shape index (κ1) is 9.71. The molecule has 0 spiro atoms. The standard InChI is InChI=1S/C11H15NOS/c1-9-2-5-12(6-3-9)11(13)10-4-7-14-8-10/h4,7-9H,2-3,5-6H2,1H3. The zero-order valence-corrected chi connectivity index (χ0v) is 9.22. The molecule has 14 heavy (non-hydrogen) atoms. The monoisotopic (exact) mass is 209 g/mol. The minimum atomic E-state index is 0.207. The summed E-state index contributed by atoms with van der Waals surface area (Å²) in [5, 5.41) is 3.89. The summed E-state index contributed by atoms with van der Waals surface area (Å²) in [7, 11) is 0. The van der Waals surface area contributed by atoms with Crippen molar-refractivity contribution in [3.8, 4) is 0 Å². The van der Waals surface area contributed by atoms with Crippen LogP contribution in [0.2, 0.25) is 0 Å². The Hall–Kier alpha value is -0.830. The molecule has 0 N–H and O–H groups in total. The van der Waals surface area contributed by atoms with Gasteiger partial charge in [0.15, 0.2) is 0 Å². The second kappa shape index (κ2) is 4.13. The molecule has 1 amide bonds. The summed E-state index contributed by atoms with van der Waals surface area (Å²) in [5.74, 6) is 0.986. The van der Waals surface area contributed by atoms with Crippen LogP contribution in [0.25, 0.3) is 0 Å². The minimum Gasteiger partial charge on any atom is -0.339 e. The molecular weight excluding hydrogens is 194 g/mol. The third-order valence-corrected chi connectivity index (χ3v) is 3.52. The summed E-state index contributed by atoms with van der Waals surface area (Å²) in [6.07, 6.45) is 2.30. The van der Waals surface area contributed by atoms with Gasteiger partial charge in [0, 0.05) is 18.5 Å². The number of likely N-dealkylation sites (tertiary alicyclic amines) is 1. The van der Waals surface area contributed by atoms with E-state index in [0.29, 0.717) is 0 Å². The van der Waals surface area contributed by atoms with Crippen LogP contribution in [0, 0.1) is 5.92 Å². The highest BCUT2D eigenvalue weighted by molar-refractivity contribution is 7.08. The zero-order chi connectivity index (χ0) is 9.97. The van der Waals surface area contributed by atoms with Gasteiger partial charge in [0.25, 0.3) is 5.91 Å². The average molecular weight is 209 g/mol. The van der Waals surface area contributed by atoms with E-state index < -0.39 is 0 Å². The highest BCUT2D eigenvalue weighted by atomic mass is 32.1. The van der Waals surface area contributed by atoms with Crippen LogP contribution in [-0.2, 0) is 0 Å². The van der Waals surface area contributed by atoms with E-state index in [0.717, 1.165) is 37.4 Å². The van der Waals surface area contributed by atoms with Gasteiger partial charge in [0.05, 0.1) is 5.56 Å². The first-order valence-corrected chi connectivity index (χ1v) is 6.03. The van der Waals surface area contributed by atoms with Crippen molar-refractivity contribution < 1.29 is 4.79 Å². The molecule has 0 radical (unpaired) electrons. The van der Waals surface area contributed by atoms with E-state index in [1.807, 2.05) is 21.7 Å². The Bertz CT molecular complexity index is 299. The SMILES string of the molecule is CC1CCN(C(=O)c2ccsc2)CC1. The maximum atomic E-state index is 11.9. The maximum Gasteiger partial charge on any atom is 0.254 e. The van der Waals surface area contributed by atoms with E-state index in [-0.39, 0.29) is 5.91 Å². The first-order valence-electron chi connectivity index (χ1n) is 5.09. The number of rotatable bonds is 1. The van der Waals surface area contributed by atoms with Crippen LogP contribution in [0.3, 0.4) is 0 Å². The van der Waals surface area contributed by atoms with Crippen molar-refractivity contribution in [3.63, 3.8) is 0 Å². The fourth-order valence-electron chi connectivity index (χ4n) is 1.78. The number of carbonyl (C=O) groups is 1. The summed E-state index contributed by atoms with van der Waals surface area (Å²) in [5.41, 5.74) is 0.851. The third kappa shape index (κ3) is 1.98. The lowest BCUT2D eigenvalue weighted by Gasteiger charge is -2.30. The van der Waals surface area contributed by atoms with Crippen LogP contribution in [0.5, 0.6) is 0 Å². The molecule has 0 atom stereocenters. The third-order valence-electron chi connectivity index (χ3n) is 2.84. The van der Waals surface area contributed by atoms with E-state index in [2.05, 4.69) is 6.92 Å². The summed E-state index contributed by atoms with van der Waals surface area (Å²) >= 11 is 1.58. The number of nitrogens with zero attached hydrogens (tertiary/aromatic N) is 1. The van der Waals surface area contributed by atoms with Gasteiger partial charge in [-0.25, -0.2) is 0 Å². The Morgan fingerprint density at radius 1 is 1.50 bits per heavy atom. The fraction of sp³-hybridized carbons (Fsp3) is 0.545. The van der Waals surface area contributed by atoms with Gasteiger partial charge in [-0.15, -0.1) is 0 Å². The largest absolute Gasteiger partial charge is 0.339 e. The summed E-state index contributed by atoms with van der Waals surface area (Å²) in [4.78, 5) is 13.9. The zero-order valence-electron chi connectivity index (χ0n) is 8.40. The van der Waals surface area contributed by atoms with Gasteiger partial charge in [-0.2, -0.15) is 11.3 Å². The van der Waals surface area contributed by atoms with Crippen LogP contribution < -0.4 is 0 Å². The average Bonchev–Trinajstić information content (AvgIpc) is 2.71. The van der Waals surface area contributed by atoms with Gasteiger partial charge in [0.1, 0.15) is 0 Å². The highest BCUT2D eigenvalue weighted by Gasteiger charge is 2.21. The summed E-state index contributed by atoms with van der Waals surface area (Å²) in [6.45, 7) is 4.11. The quantitative estimate of drug-likeness (QED) is 0.696. The molecule has 76 valence electrons. The predicted octanol–water partition coefficient (Wildman–Crippen LogP) is 2.62.